The van der Waals surface area contributed by atoms with E-state index in [1.54, 1.807) is 24.3 Å². The third-order valence-corrected chi connectivity index (χ3v) is 4.67. The molecule has 0 atom stereocenters. The topological polar surface area (TPSA) is 81.9 Å². The number of rotatable bonds is 5. The smallest absolute Gasteiger partial charge is 0.248 e. The van der Waals surface area contributed by atoms with E-state index in [1.807, 2.05) is 32.9 Å². The minimum Gasteiger partial charge on any atom is -0.496 e. The van der Waals surface area contributed by atoms with Gasteiger partial charge in [-0.25, -0.2) is 9.67 Å². The summed E-state index contributed by atoms with van der Waals surface area (Å²) in [5.41, 5.74) is 2.42. The lowest BCUT2D eigenvalue weighted by Gasteiger charge is -2.20. The minimum atomic E-state index is -0.409. The number of allylic oxidation sites excluding steroid dienone is 2. The van der Waals surface area contributed by atoms with Crippen molar-refractivity contribution in [3.05, 3.63) is 41.5 Å². The molecular weight excluding hydrogens is 318 g/mol. The second-order valence-electron chi connectivity index (χ2n) is 6.71. The Morgan fingerprint density at radius 2 is 2.04 bits per heavy atom. The van der Waals surface area contributed by atoms with Crippen LogP contribution in [0.25, 0.3) is 0 Å². The summed E-state index contributed by atoms with van der Waals surface area (Å²) in [6.45, 7) is 6.35. The molecule has 1 aliphatic carbocycles. The summed E-state index contributed by atoms with van der Waals surface area (Å²) < 4.78 is 7.09. The number of anilines is 1. The standard InChI is InChI=1S/C18H23N5O2/c1-12-9-19-14(13(2)15(12)25-4)10-23-11-20-17(22-23)21-16(24)18(3)7-5-6-8-18/h5-6,9,11H,7-8,10H2,1-4H3,(H,21,22,24). The molecule has 7 nitrogen and oxygen atoms in total. The minimum absolute atomic E-state index is 0.0541. The van der Waals surface area contributed by atoms with Crippen molar-refractivity contribution in [3.63, 3.8) is 0 Å². The van der Waals surface area contributed by atoms with Gasteiger partial charge in [0.05, 0.1) is 24.8 Å². The van der Waals surface area contributed by atoms with E-state index in [0.717, 1.165) is 35.4 Å². The van der Waals surface area contributed by atoms with Crippen molar-refractivity contribution in [3.8, 4) is 5.75 Å². The van der Waals surface area contributed by atoms with Crippen molar-refractivity contribution < 1.29 is 9.53 Å². The van der Waals surface area contributed by atoms with E-state index < -0.39 is 5.41 Å². The lowest BCUT2D eigenvalue weighted by atomic mass is 9.87. The van der Waals surface area contributed by atoms with Crippen LogP contribution in [0.4, 0.5) is 5.95 Å². The molecule has 1 N–H and O–H groups in total. The first-order valence-corrected chi connectivity index (χ1v) is 8.28. The highest BCUT2D eigenvalue weighted by molar-refractivity contribution is 5.94. The molecule has 25 heavy (non-hydrogen) atoms. The van der Waals surface area contributed by atoms with Crippen LogP contribution in [0, 0.1) is 19.3 Å². The molecular formula is C18H23N5O2. The third-order valence-electron chi connectivity index (χ3n) is 4.67. The Morgan fingerprint density at radius 3 is 2.72 bits per heavy atom. The fraction of sp³-hybridized carbons (Fsp3) is 0.444. The Bertz CT molecular complexity index is 817. The second-order valence-corrected chi connectivity index (χ2v) is 6.71. The molecule has 1 aliphatic rings. The van der Waals surface area contributed by atoms with Crippen molar-refractivity contribution in [1.82, 2.24) is 19.7 Å². The molecule has 3 rings (SSSR count). The predicted molar refractivity (Wildman–Crippen MR) is 94.5 cm³/mol. The lowest BCUT2D eigenvalue weighted by Crippen LogP contribution is -2.31. The summed E-state index contributed by atoms with van der Waals surface area (Å²) in [4.78, 5) is 21.1. The summed E-state index contributed by atoms with van der Waals surface area (Å²) in [5, 5.41) is 7.15. The fourth-order valence-corrected chi connectivity index (χ4v) is 3.02. The number of nitrogens with one attached hydrogen (secondary N) is 1. The van der Waals surface area contributed by atoms with E-state index >= 15 is 0 Å². The highest BCUT2D eigenvalue weighted by Crippen LogP contribution is 2.33. The molecule has 0 aliphatic heterocycles. The Kier molecular flexibility index (Phi) is 4.57. The van der Waals surface area contributed by atoms with Gasteiger partial charge in [-0.15, -0.1) is 5.10 Å². The maximum atomic E-state index is 12.4. The van der Waals surface area contributed by atoms with Gasteiger partial charge in [0, 0.05) is 17.3 Å². The van der Waals surface area contributed by atoms with Crippen molar-refractivity contribution in [2.24, 2.45) is 5.41 Å². The maximum Gasteiger partial charge on any atom is 0.248 e. The van der Waals surface area contributed by atoms with Crippen molar-refractivity contribution in [2.45, 2.75) is 40.2 Å². The van der Waals surface area contributed by atoms with Gasteiger partial charge in [-0.05, 0) is 26.7 Å². The van der Waals surface area contributed by atoms with Gasteiger partial charge in [0.2, 0.25) is 11.9 Å². The number of methoxy groups -OCH3 is 1. The van der Waals surface area contributed by atoms with Crippen LogP contribution in [0.15, 0.2) is 24.7 Å². The number of hydrogen-bond acceptors (Lipinski definition) is 5. The van der Waals surface area contributed by atoms with Gasteiger partial charge in [0.25, 0.3) is 0 Å². The molecule has 2 aromatic heterocycles. The van der Waals surface area contributed by atoms with Gasteiger partial charge < -0.3 is 4.74 Å². The largest absolute Gasteiger partial charge is 0.496 e. The average Bonchev–Trinajstić information content (AvgIpc) is 3.21. The van der Waals surface area contributed by atoms with Crippen LogP contribution in [0.1, 0.15) is 36.6 Å². The monoisotopic (exact) mass is 341 g/mol. The van der Waals surface area contributed by atoms with Gasteiger partial charge >= 0.3 is 0 Å². The summed E-state index contributed by atoms with van der Waals surface area (Å²) >= 11 is 0. The Hall–Kier alpha value is -2.70. The quantitative estimate of drug-likeness (QED) is 0.846. The number of aromatic nitrogens is 4. The molecule has 1 amide bonds. The van der Waals surface area contributed by atoms with Crippen molar-refractivity contribution in [1.29, 1.82) is 0 Å². The van der Waals surface area contributed by atoms with Gasteiger partial charge in [0.1, 0.15) is 12.1 Å². The number of carbonyl (C=O) groups excluding carboxylic acids is 1. The summed E-state index contributed by atoms with van der Waals surface area (Å²) in [7, 11) is 1.65. The zero-order valence-electron chi connectivity index (χ0n) is 15.0. The number of aryl methyl sites for hydroxylation is 1. The molecule has 132 valence electrons. The molecule has 2 aromatic rings. The molecule has 0 fully saturated rings. The summed E-state index contributed by atoms with van der Waals surface area (Å²) in [6.07, 6.45) is 8.93. The number of amides is 1. The lowest BCUT2D eigenvalue weighted by molar-refractivity contribution is -0.124. The highest BCUT2D eigenvalue weighted by atomic mass is 16.5. The SMILES string of the molecule is COc1c(C)cnc(Cn2cnc(NC(=O)C3(C)CC=CC3)n2)c1C. The molecule has 0 spiro atoms. The Labute approximate surface area is 147 Å². The van der Waals surface area contributed by atoms with Crippen LogP contribution >= 0.6 is 0 Å². The molecule has 0 saturated carbocycles. The highest BCUT2D eigenvalue weighted by Gasteiger charge is 2.34. The molecule has 2 heterocycles. The van der Waals surface area contributed by atoms with Crippen molar-refractivity contribution >= 4 is 11.9 Å². The van der Waals surface area contributed by atoms with Gasteiger partial charge in [0.15, 0.2) is 0 Å². The number of pyridine rings is 1. The van der Waals surface area contributed by atoms with E-state index in [0.29, 0.717) is 12.5 Å². The van der Waals surface area contributed by atoms with Gasteiger partial charge in [-0.2, -0.15) is 0 Å². The molecule has 0 bridgehead atoms. The van der Waals surface area contributed by atoms with Crippen LogP contribution in [-0.2, 0) is 11.3 Å². The average molecular weight is 341 g/mol. The van der Waals surface area contributed by atoms with Crippen LogP contribution in [0.2, 0.25) is 0 Å². The molecule has 0 radical (unpaired) electrons. The molecule has 0 unspecified atom stereocenters. The van der Waals surface area contributed by atoms with Crippen LogP contribution in [0.5, 0.6) is 5.75 Å². The van der Waals surface area contributed by atoms with Crippen LogP contribution in [0.3, 0.4) is 0 Å². The zero-order chi connectivity index (χ0) is 18.0. The number of ether oxygens (including phenoxy) is 1. The molecule has 7 heteroatoms. The first-order valence-electron chi connectivity index (χ1n) is 8.28. The number of hydrogen-bond donors (Lipinski definition) is 1. The zero-order valence-corrected chi connectivity index (χ0v) is 15.0. The van der Waals surface area contributed by atoms with E-state index in [4.69, 9.17) is 4.74 Å². The first-order chi connectivity index (χ1) is 11.9. The van der Waals surface area contributed by atoms with Gasteiger partial charge in [-0.3, -0.25) is 15.1 Å². The Balaban J connectivity index is 1.71. The van der Waals surface area contributed by atoms with E-state index in [9.17, 15) is 4.79 Å². The van der Waals surface area contributed by atoms with Gasteiger partial charge in [-0.1, -0.05) is 19.1 Å². The maximum absolute atomic E-state index is 12.4. The number of carbonyl (C=O) groups is 1. The van der Waals surface area contributed by atoms with E-state index in [1.165, 1.54) is 0 Å². The van der Waals surface area contributed by atoms with Crippen LogP contribution in [-0.4, -0.2) is 32.8 Å². The molecule has 0 saturated heterocycles. The first kappa shape index (κ1) is 17.1. The second kappa shape index (κ2) is 6.66. The fourth-order valence-electron chi connectivity index (χ4n) is 3.02. The summed E-state index contributed by atoms with van der Waals surface area (Å²) in [5.74, 6) is 1.09. The van der Waals surface area contributed by atoms with E-state index in [-0.39, 0.29) is 5.91 Å². The third kappa shape index (κ3) is 3.40. The van der Waals surface area contributed by atoms with Crippen molar-refractivity contribution in [2.75, 3.05) is 12.4 Å². The molecule has 0 aromatic carbocycles. The van der Waals surface area contributed by atoms with E-state index in [2.05, 4.69) is 20.4 Å². The normalized spacial score (nSPS) is 15.4. The summed E-state index contributed by atoms with van der Waals surface area (Å²) in [6, 6.07) is 0. The predicted octanol–water partition coefficient (Wildman–Crippen LogP) is 2.64. The Morgan fingerprint density at radius 1 is 1.32 bits per heavy atom. The van der Waals surface area contributed by atoms with Crippen LogP contribution < -0.4 is 10.1 Å². The number of nitrogens with zero attached hydrogens (tertiary/aromatic N) is 4.